The summed E-state index contributed by atoms with van der Waals surface area (Å²) in [4.78, 5) is 34.8. The molecule has 1 rings (SSSR count). The van der Waals surface area contributed by atoms with E-state index in [1.54, 1.807) is 24.3 Å². The molecular weight excluding hydrogens is 276 g/mol. The topological polar surface area (TPSA) is 121 Å². The third kappa shape index (κ3) is 5.23. The van der Waals surface area contributed by atoms with Gasteiger partial charge in [0.2, 0.25) is 5.91 Å². The Kier molecular flexibility index (Phi) is 5.86. The van der Waals surface area contributed by atoms with Gasteiger partial charge in [-0.05, 0) is 19.1 Å². The summed E-state index contributed by atoms with van der Waals surface area (Å²) in [6.07, 6.45) is -0.756. The number of hydrogen-bond acceptors (Lipinski definition) is 4. The van der Waals surface area contributed by atoms with Gasteiger partial charge in [0.1, 0.15) is 0 Å². The normalized spacial score (nSPS) is 11.7. The lowest BCUT2D eigenvalue weighted by molar-refractivity contribution is -0.139. The lowest BCUT2D eigenvalue weighted by Crippen LogP contribution is -2.45. The van der Waals surface area contributed by atoms with Crippen molar-refractivity contribution >= 4 is 23.5 Å². The number of aryl methyl sites for hydroxylation is 1. The highest BCUT2D eigenvalue weighted by Crippen LogP contribution is 2.17. The lowest BCUT2D eigenvalue weighted by atomic mass is 10.1. The summed E-state index contributed by atoms with van der Waals surface area (Å²) < 4.78 is 0. The molecule has 0 fully saturated rings. The molecule has 0 aliphatic heterocycles. The molecule has 0 heterocycles. The van der Waals surface area contributed by atoms with Crippen LogP contribution in [0.1, 0.15) is 18.4 Å². The van der Waals surface area contributed by atoms with Crippen LogP contribution in [0.25, 0.3) is 0 Å². The second kappa shape index (κ2) is 7.39. The fraction of sp³-hybridized carbons (Fsp3) is 0.357. The molecule has 1 aromatic carbocycles. The Morgan fingerprint density at radius 2 is 1.71 bits per heavy atom. The van der Waals surface area contributed by atoms with Crippen LogP contribution in [0.5, 0.6) is 0 Å². The quantitative estimate of drug-likeness (QED) is 0.677. The van der Waals surface area contributed by atoms with Gasteiger partial charge in [0, 0.05) is 12.2 Å². The van der Waals surface area contributed by atoms with Crippen LogP contribution in [0.2, 0.25) is 0 Å². The van der Waals surface area contributed by atoms with Crippen LogP contribution >= 0.6 is 0 Å². The number of nitrogens with two attached hydrogens (primary N) is 1. The second-order valence-corrected chi connectivity index (χ2v) is 4.67. The van der Waals surface area contributed by atoms with E-state index in [1.165, 1.54) is 4.90 Å². The summed E-state index contributed by atoms with van der Waals surface area (Å²) in [5.74, 6) is -2.84. The largest absolute Gasteiger partial charge is 0.481 e. The van der Waals surface area contributed by atoms with E-state index >= 15 is 0 Å². The number of benzene rings is 1. The number of nitrogens with zero attached hydrogens (tertiary/aromatic N) is 1. The summed E-state index contributed by atoms with van der Waals surface area (Å²) in [6, 6.07) is 5.68. The van der Waals surface area contributed by atoms with Crippen LogP contribution in [0.4, 0.5) is 5.69 Å². The Morgan fingerprint density at radius 1 is 1.14 bits per heavy atom. The maximum absolute atomic E-state index is 12.2. The first-order valence-corrected chi connectivity index (χ1v) is 6.38. The number of carboxylic acids is 2. The molecule has 1 aromatic rings. The van der Waals surface area contributed by atoms with E-state index in [1.807, 2.05) is 6.92 Å². The van der Waals surface area contributed by atoms with Gasteiger partial charge in [-0.15, -0.1) is 0 Å². The molecule has 0 saturated carbocycles. The van der Waals surface area contributed by atoms with Gasteiger partial charge in [-0.25, -0.2) is 0 Å². The standard InChI is InChI=1S/C14H18N2O5/c1-9-2-4-10(5-3-9)16(7-6-12(17)18)14(21)11(15)8-13(19)20/h2-5,11H,6-8,15H2,1H3,(H,17,18)(H,19,20). The molecule has 7 heteroatoms. The number of carboxylic acid groups (broad SMARTS) is 2. The SMILES string of the molecule is Cc1ccc(N(CCC(=O)O)C(=O)C(N)CC(=O)O)cc1. The molecule has 0 radical (unpaired) electrons. The fourth-order valence-electron chi connectivity index (χ4n) is 1.77. The van der Waals surface area contributed by atoms with E-state index in [-0.39, 0.29) is 13.0 Å². The van der Waals surface area contributed by atoms with Crippen LogP contribution in [0.3, 0.4) is 0 Å². The van der Waals surface area contributed by atoms with Crippen molar-refractivity contribution in [2.75, 3.05) is 11.4 Å². The highest BCUT2D eigenvalue weighted by molar-refractivity contribution is 5.99. The van der Waals surface area contributed by atoms with Gasteiger partial charge in [0.25, 0.3) is 0 Å². The van der Waals surface area contributed by atoms with Gasteiger partial charge < -0.3 is 20.8 Å². The van der Waals surface area contributed by atoms with E-state index in [2.05, 4.69) is 0 Å². The van der Waals surface area contributed by atoms with Gasteiger partial charge in [-0.3, -0.25) is 14.4 Å². The minimum atomic E-state index is -1.21. The van der Waals surface area contributed by atoms with E-state index < -0.39 is 30.3 Å². The maximum atomic E-state index is 12.2. The Hall–Kier alpha value is -2.41. The van der Waals surface area contributed by atoms with Crippen molar-refractivity contribution in [3.8, 4) is 0 Å². The van der Waals surface area contributed by atoms with Crippen molar-refractivity contribution in [2.24, 2.45) is 5.73 Å². The predicted molar refractivity (Wildman–Crippen MR) is 76.0 cm³/mol. The average Bonchev–Trinajstić information content (AvgIpc) is 2.39. The molecule has 114 valence electrons. The predicted octanol–water partition coefficient (Wildman–Crippen LogP) is 0.605. The second-order valence-electron chi connectivity index (χ2n) is 4.67. The summed E-state index contributed by atoms with van der Waals surface area (Å²) >= 11 is 0. The van der Waals surface area contributed by atoms with Gasteiger partial charge >= 0.3 is 11.9 Å². The monoisotopic (exact) mass is 294 g/mol. The molecule has 1 amide bonds. The highest BCUT2D eigenvalue weighted by atomic mass is 16.4. The molecule has 0 aliphatic rings. The van der Waals surface area contributed by atoms with Crippen molar-refractivity contribution in [3.05, 3.63) is 29.8 Å². The molecule has 0 saturated heterocycles. The zero-order valence-corrected chi connectivity index (χ0v) is 11.7. The van der Waals surface area contributed by atoms with Crippen molar-refractivity contribution in [1.82, 2.24) is 0 Å². The van der Waals surface area contributed by atoms with Crippen molar-refractivity contribution < 1.29 is 24.6 Å². The molecule has 7 nitrogen and oxygen atoms in total. The zero-order valence-electron chi connectivity index (χ0n) is 11.7. The minimum Gasteiger partial charge on any atom is -0.481 e. The average molecular weight is 294 g/mol. The van der Waals surface area contributed by atoms with E-state index in [9.17, 15) is 14.4 Å². The van der Waals surface area contributed by atoms with Gasteiger partial charge in [0.05, 0.1) is 18.9 Å². The first-order chi connectivity index (χ1) is 9.81. The Morgan fingerprint density at radius 3 is 2.19 bits per heavy atom. The highest BCUT2D eigenvalue weighted by Gasteiger charge is 2.24. The van der Waals surface area contributed by atoms with E-state index in [0.717, 1.165) is 5.56 Å². The number of anilines is 1. The Balaban J connectivity index is 2.95. The molecule has 0 bridgehead atoms. The fourth-order valence-corrected chi connectivity index (χ4v) is 1.77. The molecular formula is C14H18N2O5. The number of aliphatic carboxylic acids is 2. The van der Waals surface area contributed by atoms with Crippen LogP contribution in [-0.2, 0) is 14.4 Å². The molecule has 0 spiro atoms. The summed E-state index contributed by atoms with van der Waals surface area (Å²) in [6.45, 7) is 1.81. The maximum Gasteiger partial charge on any atom is 0.305 e. The van der Waals surface area contributed by atoms with Gasteiger partial charge in [-0.1, -0.05) is 17.7 Å². The first kappa shape index (κ1) is 16.6. The molecule has 4 N–H and O–H groups in total. The van der Waals surface area contributed by atoms with Gasteiger partial charge in [-0.2, -0.15) is 0 Å². The van der Waals surface area contributed by atoms with E-state index in [0.29, 0.717) is 5.69 Å². The summed E-state index contributed by atoms with van der Waals surface area (Å²) in [5, 5.41) is 17.5. The molecule has 0 aromatic heterocycles. The summed E-state index contributed by atoms with van der Waals surface area (Å²) in [7, 11) is 0. The van der Waals surface area contributed by atoms with Crippen LogP contribution in [0.15, 0.2) is 24.3 Å². The van der Waals surface area contributed by atoms with Crippen LogP contribution in [-0.4, -0.2) is 40.6 Å². The van der Waals surface area contributed by atoms with Crippen molar-refractivity contribution in [1.29, 1.82) is 0 Å². The number of amides is 1. The zero-order chi connectivity index (χ0) is 16.0. The molecule has 0 aliphatic carbocycles. The van der Waals surface area contributed by atoms with Crippen LogP contribution in [0, 0.1) is 6.92 Å². The first-order valence-electron chi connectivity index (χ1n) is 6.38. The van der Waals surface area contributed by atoms with Crippen molar-refractivity contribution in [2.45, 2.75) is 25.8 Å². The van der Waals surface area contributed by atoms with E-state index in [4.69, 9.17) is 15.9 Å². The molecule has 1 atom stereocenters. The Bertz CT molecular complexity index is 527. The number of hydrogen-bond donors (Lipinski definition) is 3. The molecule has 1 unspecified atom stereocenters. The number of carbonyl (C=O) groups is 3. The lowest BCUT2D eigenvalue weighted by Gasteiger charge is -2.25. The minimum absolute atomic E-state index is 0.0649. The van der Waals surface area contributed by atoms with Crippen molar-refractivity contribution in [3.63, 3.8) is 0 Å². The summed E-state index contributed by atoms with van der Waals surface area (Å²) in [5.41, 5.74) is 7.05. The third-order valence-electron chi connectivity index (χ3n) is 2.87. The number of rotatable bonds is 7. The Labute approximate surface area is 122 Å². The number of carbonyl (C=O) groups excluding carboxylic acids is 1. The third-order valence-corrected chi connectivity index (χ3v) is 2.87. The van der Waals surface area contributed by atoms with Gasteiger partial charge in [0.15, 0.2) is 0 Å². The molecule has 21 heavy (non-hydrogen) atoms. The van der Waals surface area contributed by atoms with Crippen LogP contribution < -0.4 is 10.6 Å². The smallest absolute Gasteiger partial charge is 0.305 e.